The van der Waals surface area contributed by atoms with Gasteiger partial charge in [0.25, 0.3) is 0 Å². The molecule has 0 aliphatic carbocycles. The Morgan fingerprint density at radius 1 is 1.09 bits per heavy atom. The van der Waals surface area contributed by atoms with Crippen LogP contribution in [0.25, 0.3) is 33.3 Å². The molecule has 1 aliphatic heterocycles. The third-order valence-corrected chi connectivity index (χ3v) is 5.65. The van der Waals surface area contributed by atoms with E-state index in [0.29, 0.717) is 17.2 Å². The number of benzene rings is 2. The topological polar surface area (TPSA) is 113 Å². The molecule has 8 nitrogen and oxygen atoms in total. The number of halogens is 3. The standard InChI is InChI=1S/C22H21N5O.C2HF3O2/c1-13-7-15(8-16-12-27(2)26-22(13)16)14-3-4-18(21(28)9-14)20-6-5-19(24-25-20)17-10-23-11-17;3-2(4,5)1(6)7/h3-9,12,17,23,28H,10-11H2,1-2H3;(H,6,7). The largest absolute Gasteiger partial charge is 0.507 e. The van der Waals surface area contributed by atoms with Gasteiger partial charge in [0.15, 0.2) is 0 Å². The van der Waals surface area contributed by atoms with E-state index in [2.05, 4.69) is 39.7 Å². The van der Waals surface area contributed by atoms with E-state index in [-0.39, 0.29) is 5.75 Å². The minimum absolute atomic E-state index is 0.203. The maximum absolute atomic E-state index is 10.6. The van der Waals surface area contributed by atoms with Crippen LogP contribution < -0.4 is 5.32 Å². The second-order valence-electron chi connectivity index (χ2n) is 8.27. The molecule has 1 aliphatic rings. The molecular formula is C24H22F3N5O3. The van der Waals surface area contributed by atoms with Crippen molar-refractivity contribution in [3.05, 3.63) is 59.9 Å². The molecule has 0 unspecified atom stereocenters. The van der Waals surface area contributed by atoms with Gasteiger partial charge in [-0.15, -0.1) is 0 Å². The highest BCUT2D eigenvalue weighted by atomic mass is 19.4. The van der Waals surface area contributed by atoms with E-state index in [9.17, 15) is 18.3 Å². The number of aromatic hydroxyl groups is 1. The summed E-state index contributed by atoms with van der Waals surface area (Å²) >= 11 is 0. The monoisotopic (exact) mass is 485 g/mol. The number of hydrogen-bond donors (Lipinski definition) is 3. The highest BCUT2D eigenvalue weighted by molar-refractivity contribution is 5.87. The fourth-order valence-corrected chi connectivity index (χ4v) is 3.73. The number of carboxylic acids is 1. The zero-order valence-electron chi connectivity index (χ0n) is 18.8. The summed E-state index contributed by atoms with van der Waals surface area (Å²) in [5.41, 5.74) is 6.50. The zero-order chi connectivity index (χ0) is 25.3. The molecule has 11 heteroatoms. The van der Waals surface area contributed by atoms with E-state index in [1.54, 1.807) is 6.07 Å². The lowest BCUT2D eigenvalue weighted by Gasteiger charge is -2.25. The number of carboxylic acid groups (broad SMARTS) is 1. The van der Waals surface area contributed by atoms with Crippen molar-refractivity contribution in [1.82, 2.24) is 25.3 Å². The zero-order valence-corrected chi connectivity index (χ0v) is 18.8. The van der Waals surface area contributed by atoms with Crippen molar-refractivity contribution in [2.24, 2.45) is 7.05 Å². The van der Waals surface area contributed by atoms with Gasteiger partial charge in [-0.3, -0.25) is 4.68 Å². The summed E-state index contributed by atoms with van der Waals surface area (Å²) in [6, 6.07) is 13.8. The second kappa shape index (κ2) is 9.34. The van der Waals surface area contributed by atoms with Gasteiger partial charge in [0.2, 0.25) is 0 Å². The molecule has 0 amide bonds. The van der Waals surface area contributed by atoms with Gasteiger partial charge in [0.05, 0.1) is 16.9 Å². The fraction of sp³-hybridized carbons (Fsp3) is 0.250. The number of phenols is 1. The van der Waals surface area contributed by atoms with E-state index in [0.717, 1.165) is 46.4 Å². The summed E-state index contributed by atoms with van der Waals surface area (Å²) in [6.45, 7) is 3.96. The molecule has 0 bridgehead atoms. The molecule has 5 rings (SSSR count). The van der Waals surface area contributed by atoms with Crippen molar-refractivity contribution in [1.29, 1.82) is 0 Å². The molecule has 4 aromatic rings. The van der Waals surface area contributed by atoms with Crippen molar-refractivity contribution in [3.8, 4) is 28.1 Å². The average molecular weight is 485 g/mol. The van der Waals surface area contributed by atoms with Crippen LogP contribution in [0.2, 0.25) is 0 Å². The smallest absolute Gasteiger partial charge is 0.490 e. The molecule has 0 spiro atoms. The lowest BCUT2D eigenvalue weighted by atomic mass is 9.97. The molecule has 0 atom stereocenters. The number of fused-ring (bicyclic) bond motifs is 1. The summed E-state index contributed by atoms with van der Waals surface area (Å²) in [5.74, 6) is -2.11. The SMILES string of the molecule is Cc1cc(-c2ccc(-c3ccc(C4CNC4)nn3)c(O)c2)cc2cn(C)nc12.O=C(O)C(F)(F)F. The Bertz CT molecular complexity index is 1380. The first-order valence-electron chi connectivity index (χ1n) is 10.6. The van der Waals surface area contributed by atoms with E-state index in [1.165, 1.54) is 0 Å². The van der Waals surface area contributed by atoms with Gasteiger partial charge in [-0.1, -0.05) is 6.07 Å². The number of aryl methyl sites for hydroxylation is 2. The highest BCUT2D eigenvalue weighted by Crippen LogP contribution is 2.34. The molecule has 3 heterocycles. The highest BCUT2D eigenvalue weighted by Gasteiger charge is 2.38. The van der Waals surface area contributed by atoms with Crippen LogP contribution in [0.5, 0.6) is 5.75 Å². The van der Waals surface area contributed by atoms with E-state index >= 15 is 0 Å². The third kappa shape index (κ3) is 5.24. The lowest BCUT2D eigenvalue weighted by Crippen LogP contribution is -2.40. The first-order valence-corrected chi connectivity index (χ1v) is 10.6. The van der Waals surface area contributed by atoms with Crippen molar-refractivity contribution in [2.75, 3.05) is 13.1 Å². The van der Waals surface area contributed by atoms with Crippen molar-refractivity contribution < 1.29 is 28.2 Å². The Hall–Kier alpha value is -3.99. The number of aliphatic carboxylic acids is 1. The number of aromatic nitrogens is 4. The van der Waals surface area contributed by atoms with Gasteiger partial charge in [-0.2, -0.15) is 28.5 Å². The van der Waals surface area contributed by atoms with E-state index < -0.39 is 12.1 Å². The lowest BCUT2D eigenvalue weighted by molar-refractivity contribution is -0.192. The molecule has 35 heavy (non-hydrogen) atoms. The average Bonchev–Trinajstić information content (AvgIpc) is 3.14. The number of nitrogens with one attached hydrogen (secondary N) is 1. The first kappa shape index (κ1) is 24.1. The van der Waals surface area contributed by atoms with Gasteiger partial charge in [-0.25, -0.2) is 4.79 Å². The molecule has 2 aromatic carbocycles. The van der Waals surface area contributed by atoms with Gasteiger partial charge in [0.1, 0.15) is 5.75 Å². The number of alkyl halides is 3. The van der Waals surface area contributed by atoms with Crippen molar-refractivity contribution in [2.45, 2.75) is 19.0 Å². The minimum Gasteiger partial charge on any atom is -0.507 e. The van der Waals surface area contributed by atoms with Gasteiger partial charge in [0, 0.05) is 43.2 Å². The summed E-state index contributed by atoms with van der Waals surface area (Å²) in [5, 5.41) is 35.2. The van der Waals surface area contributed by atoms with Gasteiger partial charge < -0.3 is 15.5 Å². The predicted octanol–water partition coefficient (Wildman–Crippen LogP) is 4.03. The number of phenolic OH excluding ortho intramolecular Hbond substituents is 1. The van der Waals surface area contributed by atoms with Crippen LogP contribution in [-0.2, 0) is 11.8 Å². The molecule has 1 saturated heterocycles. The molecule has 0 saturated carbocycles. The number of carbonyl (C=O) groups is 1. The fourth-order valence-electron chi connectivity index (χ4n) is 3.73. The number of rotatable bonds is 3. The maximum atomic E-state index is 10.6. The van der Waals surface area contributed by atoms with Crippen molar-refractivity contribution >= 4 is 16.9 Å². The molecule has 1 fully saturated rings. The Morgan fingerprint density at radius 2 is 1.80 bits per heavy atom. The van der Waals surface area contributed by atoms with Crippen LogP contribution in [0.4, 0.5) is 13.2 Å². The van der Waals surface area contributed by atoms with Crippen LogP contribution >= 0.6 is 0 Å². The third-order valence-electron chi connectivity index (χ3n) is 5.65. The van der Waals surface area contributed by atoms with Crippen LogP contribution in [0.15, 0.2) is 48.7 Å². The molecule has 3 N–H and O–H groups in total. The molecular weight excluding hydrogens is 463 g/mol. The maximum Gasteiger partial charge on any atom is 0.490 e. The minimum atomic E-state index is -5.08. The van der Waals surface area contributed by atoms with Crippen molar-refractivity contribution in [3.63, 3.8) is 0 Å². The quantitative estimate of drug-likeness (QED) is 0.402. The van der Waals surface area contributed by atoms with Gasteiger partial charge >= 0.3 is 12.1 Å². The Kier molecular flexibility index (Phi) is 6.44. The normalized spacial score (nSPS) is 13.7. The Balaban J connectivity index is 0.000000364. The van der Waals surface area contributed by atoms with Crippen LogP contribution in [0.3, 0.4) is 0 Å². The Morgan fingerprint density at radius 3 is 2.34 bits per heavy atom. The predicted molar refractivity (Wildman–Crippen MR) is 123 cm³/mol. The van der Waals surface area contributed by atoms with Crippen LogP contribution in [0, 0.1) is 6.92 Å². The van der Waals surface area contributed by atoms with Gasteiger partial charge in [-0.05, 0) is 60.0 Å². The second-order valence-corrected chi connectivity index (χ2v) is 8.27. The summed E-state index contributed by atoms with van der Waals surface area (Å²) < 4.78 is 33.6. The van der Waals surface area contributed by atoms with E-state index in [1.807, 2.05) is 42.2 Å². The molecule has 0 radical (unpaired) electrons. The number of hydrogen-bond acceptors (Lipinski definition) is 6. The first-order chi connectivity index (χ1) is 16.5. The van der Waals surface area contributed by atoms with Crippen LogP contribution in [0.1, 0.15) is 17.2 Å². The van der Waals surface area contributed by atoms with E-state index in [4.69, 9.17) is 9.90 Å². The summed E-state index contributed by atoms with van der Waals surface area (Å²) in [7, 11) is 1.92. The summed E-state index contributed by atoms with van der Waals surface area (Å²) in [6.07, 6.45) is -3.07. The Labute approximate surface area is 198 Å². The number of nitrogens with zero attached hydrogens (tertiary/aromatic N) is 4. The van der Waals surface area contributed by atoms with Crippen LogP contribution in [-0.4, -0.2) is 55.4 Å². The molecule has 182 valence electrons. The summed E-state index contributed by atoms with van der Waals surface area (Å²) in [4.78, 5) is 8.90. The molecule has 2 aromatic heterocycles.